The summed E-state index contributed by atoms with van der Waals surface area (Å²) >= 11 is 0. The van der Waals surface area contributed by atoms with Crippen LogP contribution in [0.4, 0.5) is 4.79 Å². The lowest BCUT2D eigenvalue weighted by Crippen LogP contribution is -2.43. The average molecular weight is 184 g/mol. The summed E-state index contributed by atoms with van der Waals surface area (Å²) in [5, 5.41) is 25.8. The third-order valence-electron chi connectivity index (χ3n) is 2.04. The first-order valence-corrected chi connectivity index (χ1v) is 3.71. The van der Waals surface area contributed by atoms with E-state index in [1.807, 2.05) is 0 Å². The maximum atomic E-state index is 10.6. The summed E-state index contributed by atoms with van der Waals surface area (Å²) in [5.74, 6) is -1.19. The number of rotatable bonds is 1. The minimum atomic E-state index is -1.35. The molecule has 1 heterocycles. The van der Waals surface area contributed by atoms with Crippen molar-refractivity contribution in [3.8, 4) is 6.07 Å². The molecule has 0 aliphatic carbocycles. The Morgan fingerprint density at radius 2 is 2.00 bits per heavy atom. The minimum Gasteiger partial charge on any atom is -0.480 e. The lowest BCUT2D eigenvalue weighted by atomic mass is 10.2. The highest BCUT2D eigenvalue weighted by Crippen LogP contribution is 2.23. The van der Waals surface area contributed by atoms with Gasteiger partial charge in [-0.1, -0.05) is 0 Å². The standard InChI is InChI=1S/C7H8N2O4/c8-3-4-1-2-5(6(10)11)9(4)7(12)13/h4-5H,1-2H2,(H,10,11)(H,12,13)/t4?,5-/m0/s1. The Labute approximate surface area is 74.0 Å². The van der Waals surface area contributed by atoms with Gasteiger partial charge in [-0.25, -0.2) is 9.59 Å². The van der Waals surface area contributed by atoms with E-state index in [1.54, 1.807) is 6.07 Å². The van der Waals surface area contributed by atoms with Crippen LogP contribution in [0.5, 0.6) is 0 Å². The zero-order valence-corrected chi connectivity index (χ0v) is 6.67. The zero-order chi connectivity index (χ0) is 10.0. The van der Waals surface area contributed by atoms with Crippen LogP contribution in [0.3, 0.4) is 0 Å². The molecule has 1 amide bonds. The van der Waals surface area contributed by atoms with E-state index in [4.69, 9.17) is 15.5 Å². The maximum absolute atomic E-state index is 10.6. The third kappa shape index (κ3) is 1.54. The first kappa shape index (κ1) is 9.32. The van der Waals surface area contributed by atoms with E-state index in [0.29, 0.717) is 11.3 Å². The number of aliphatic carboxylic acids is 1. The number of hydrogen-bond donors (Lipinski definition) is 2. The molecule has 0 aromatic carbocycles. The van der Waals surface area contributed by atoms with Crippen LogP contribution in [0.15, 0.2) is 0 Å². The normalized spacial score (nSPS) is 26.8. The van der Waals surface area contributed by atoms with E-state index < -0.39 is 24.1 Å². The lowest BCUT2D eigenvalue weighted by Gasteiger charge is -2.20. The summed E-state index contributed by atoms with van der Waals surface area (Å²) in [7, 11) is 0. The quantitative estimate of drug-likeness (QED) is 0.602. The highest BCUT2D eigenvalue weighted by molar-refractivity contribution is 5.80. The number of carboxylic acids is 1. The van der Waals surface area contributed by atoms with Crippen LogP contribution in [-0.2, 0) is 4.79 Å². The monoisotopic (exact) mass is 184 g/mol. The van der Waals surface area contributed by atoms with Crippen molar-refractivity contribution in [2.24, 2.45) is 0 Å². The molecule has 1 fully saturated rings. The predicted octanol–water partition coefficient (Wildman–Crippen LogP) is 0.106. The van der Waals surface area contributed by atoms with Crippen molar-refractivity contribution in [1.82, 2.24) is 4.90 Å². The molecule has 2 atom stereocenters. The molecule has 0 aromatic heterocycles. The molecule has 0 saturated carbocycles. The van der Waals surface area contributed by atoms with E-state index in [0.717, 1.165) is 0 Å². The van der Waals surface area contributed by atoms with Gasteiger partial charge in [0.25, 0.3) is 0 Å². The highest BCUT2D eigenvalue weighted by Gasteiger charge is 2.41. The second-order valence-corrected chi connectivity index (χ2v) is 2.77. The molecule has 1 unspecified atom stereocenters. The van der Waals surface area contributed by atoms with Gasteiger partial charge in [-0.15, -0.1) is 0 Å². The Bertz CT molecular complexity index is 283. The highest BCUT2D eigenvalue weighted by atomic mass is 16.4. The van der Waals surface area contributed by atoms with Gasteiger partial charge in [-0.2, -0.15) is 5.26 Å². The van der Waals surface area contributed by atoms with Crippen LogP contribution in [-0.4, -0.2) is 39.3 Å². The SMILES string of the molecule is N#CC1CC[C@@H](C(=O)O)N1C(=O)O. The van der Waals surface area contributed by atoms with Gasteiger partial charge in [0.1, 0.15) is 12.1 Å². The van der Waals surface area contributed by atoms with Gasteiger partial charge < -0.3 is 10.2 Å². The van der Waals surface area contributed by atoms with Crippen LogP contribution in [0, 0.1) is 11.3 Å². The molecular formula is C7H8N2O4. The van der Waals surface area contributed by atoms with Gasteiger partial charge in [-0.05, 0) is 12.8 Å². The number of amides is 1. The Hall–Kier alpha value is -1.77. The number of carbonyl (C=O) groups is 2. The van der Waals surface area contributed by atoms with Crippen molar-refractivity contribution in [3.63, 3.8) is 0 Å². The molecule has 70 valence electrons. The summed E-state index contributed by atoms with van der Waals surface area (Å²) in [5.41, 5.74) is 0. The number of nitrogens with zero attached hydrogens (tertiary/aromatic N) is 2. The van der Waals surface area contributed by atoms with Crippen LogP contribution < -0.4 is 0 Å². The second-order valence-electron chi connectivity index (χ2n) is 2.77. The van der Waals surface area contributed by atoms with Crippen molar-refractivity contribution in [1.29, 1.82) is 5.26 Å². The van der Waals surface area contributed by atoms with E-state index in [1.165, 1.54) is 0 Å². The third-order valence-corrected chi connectivity index (χ3v) is 2.04. The topological polar surface area (TPSA) is 102 Å². The molecule has 0 bridgehead atoms. The summed E-state index contributed by atoms with van der Waals surface area (Å²) < 4.78 is 0. The average Bonchev–Trinajstić information content (AvgIpc) is 2.46. The van der Waals surface area contributed by atoms with E-state index in [9.17, 15) is 9.59 Å². The van der Waals surface area contributed by atoms with Crippen molar-refractivity contribution in [2.75, 3.05) is 0 Å². The van der Waals surface area contributed by atoms with Crippen molar-refractivity contribution < 1.29 is 19.8 Å². The molecule has 1 aliphatic heterocycles. The van der Waals surface area contributed by atoms with Gasteiger partial charge in [0.2, 0.25) is 0 Å². The smallest absolute Gasteiger partial charge is 0.409 e. The molecule has 1 saturated heterocycles. The fourth-order valence-electron chi connectivity index (χ4n) is 1.45. The Balaban J connectivity index is 2.86. The van der Waals surface area contributed by atoms with E-state index >= 15 is 0 Å². The molecular weight excluding hydrogens is 176 g/mol. The van der Waals surface area contributed by atoms with Crippen molar-refractivity contribution in [3.05, 3.63) is 0 Å². The van der Waals surface area contributed by atoms with E-state index in [-0.39, 0.29) is 6.42 Å². The molecule has 0 aromatic rings. The van der Waals surface area contributed by atoms with E-state index in [2.05, 4.69) is 0 Å². The fourth-order valence-corrected chi connectivity index (χ4v) is 1.45. The molecule has 1 rings (SSSR count). The van der Waals surface area contributed by atoms with Gasteiger partial charge in [0.15, 0.2) is 0 Å². The first-order valence-electron chi connectivity index (χ1n) is 3.71. The predicted molar refractivity (Wildman–Crippen MR) is 39.9 cm³/mol. The Morgan fingerprint density at radius 3 is 2.38 bits per heavy atom. The summed E-state index contributed by atoms with van der Waals surface area (Å²) in [6.45, 7) is 0. The van der Waals surface area contributed by atoms with Gasteiger partial charge in [-0.3, -0.25) is 4.90 Å². The summed E-state index contributed by atoms with van der Waals surface area (Å²) in [4.78, 5) is 21.9. The Kier molecular flexibility index (Phi) is 2.37. The minimum absolute atomic E-state index is 0.208. The van der Waals surface area contributed by atoms with Crippen LogP contribution in [0.2, 0.25) is 0 Å². The molecule has 13 heavy (non-hydrogen) atoms. The molecule has 1 aliphatic rings. The molecule has 6 heteroatoms. The number of nitriles is 1. The van der Waals surface area contributed by atoms with Crippen LogP contribution in [0.25, 0.3) is 0 Å². The molecule has 6 nitrogen and oxygen atoms in total. The largest absolute Gasteiger partial charge is 0.480 e. The maximum Gasteiger partial charge on any atom is 0.409 e. The van der Waals surface area contributed by atoms with Crippen LogP contribution >= 0.6 is 0 Å². The van der Waals surface area contributed by atoms with Gasteiger partial charge in [0, 0.05) is 0 Å². The van der Waals surface area contributed by atoms with Gasteiger partial charge >= 0.3 is 12.1 Å². The number of likely N-dealkylation sites (tertiary alicyclic amines) is 1. The lowest BCUT2D eigenvalue weighted by molar-refractivity contribution is -0.141. The summed E-state index contributed by atoms with van der Waals surface area (Å²) in [6, 6.07) is -0.126. The fraction of sp³-hybridized carbons (Fsp3) is 0.571. The number of hydrogen-bond acceptors (Lipinski definition) is 3. The molecule has 0 spiro atoms. The van der Waals surface area contributed by atoms with Crippen molar-refractivity contribution >= 4 is 12.1 Å². The Morgan fingerprint density at radius 1 is 1.38 bits per heavy atom. The first-order chi connectivity index (χ1) is 6.07. The molecule has 2 N–H and O–H groups in total. The van der Waals surface area contributed by atoms with Crippen molar-refractivity contribution in [2.45, 2.75) is 24.9 Å². The number of carboxylic acid groups (broad SMARTS) is 2. The van der Waals surface area contributed by atoms with Gasteiger partial charge in [0.05, 0.1) is 6.07 Å². The molecule has 0 radical (unpaired) electrons. The summed E-state index contributed by atoms with van der Waals surface area (Å²) in [6.07, 6.45) is -0.851. The van der Waals surface area contributed by atoms with Crippen LogP contribution in [0.1, 0.15) is 12.8 Å². The zero-order valence-electron chi connectivity index (χ0n) is 6.67. The second kappa shape index (κ2) is 3.31.